The fourth-order valence-corrected chi connectivity index (χ4v) is 1.20. The molecule has 0 bridgehead atoms. The Labute approximate surface area is 83.1 Å². The van der Waals surface area contributed by atoms with E-state index in [4.69, 9.17) is 4.74 Å². The second-order valence-corrected chi connectivity index (χ2v) is 3.69. The normalized spacial score (nSPS) is 15.2. The number of aromatic nitrogens is 1. The van der Waals surface area contributed by atoms with Crippen LogP contribution in [0.4, 0.5) is 0 Å². The second-order valence-electron chi connectivity index (χ2n) is 3.69. The minimum Gasteiger partial charge on any atom is -0.477 e. The van der Waals surface area contributed by atoms with Crippen LogP contribution < -0.4 is 4.74 Å². The van der Waals surface area contributed by atoms with Crippen LogP contribution >= 0.6 is 0 Å². The van der Waals surface area contributed by atoms with E-state index in [9.17, 15) is 4.79 Å². The lowest BCUT2D eigenvalue weighted by atomic mass is 10.2. The van der Waals surface area contributed by atoms with E-state index in [1.54, 1.807) is 25.3 Å². The van der Waals surface area contributed by atoms with E-state index in [-0.39, 0.29) is 5.78 Å². The maximum Gasteiger partial charge on any atom is 0.213 e. The molecular weight excluding hydrogens is 178 g/mol. The molecule has 3 heteroatoms. The summed E-state index contributed by atoms with van der Waals surface area (Å²) in [5, 5.41) is 0. The van der Waals surface area contributed by atoms with Crippen LogP contribution in [-0.4, -0.2) is 17.4 Å². The highest BCUT2D eigenvalue weighted by Crippen LogP contribution is 2.29. The van der Waals surface area contributed by atoms with Crippen molar-refractivity contribution in [2.24, 2.45) is 5.92 Å². The number of carbonyl (C=O) groups excluding carboxylic acids is 1. The molecule has 2 rings (SSSR count). The quantitative estimate of drug-likeness (QED) is 0.684. The van der Waals surface area contributed by atoms with Gasteiger partial charge in [0.25, 0.3) is 0 Å². The van der Waals surface area contributed by atoms with Gasteiger partial charge in [0.2, 0.25) is 5.88 Å². The largest absolute Gasteiger partial charge is 0.477 e. The van der Waals surface area contributed by atoms with Crippen LogP contribution in [0.15, 0.2) is 18.3 Å². The highest BCUT2D eigenvalue weighted by molar-refractivity contribution is 5.94. The van der Waals surface area contributed by atoms with E-state index in [0.717, 1.165) is 6.61 Å². The van der Waals surface area contributed by atoms with Crippen molar-refractivity contribution in [1.29, 1.82) is 0 Å². The first-order valence-corrected chi connectivity index (χ1v) is 4.85. The summed E-state index contributed by atoms with van der Waals surface area (Å²) in [4.78, 5) is 15.1. The molecule has 1 saturated carbocycles. The van der Waals surface area contributed by atoms with E-state index in [2.05, 4.69) is 4.98 Å². The zero-order chi connectivity index (χ0) is 9.97. The van der Waals surface area contributed by atoms with Crippen LogP contribution in [-0.2, 0) is 0 Å². The molecule has 0 N–H and O–H groups in total. The number of nitrogens with zero attached hydrogens (tertiary/aromatic N) is 1. The summed E-state index contributed by atoms with van der Waals surface area (Å²) in [5.74, 6) is 1.31. The minimum atomic E-state index is 0.0451. The first-order chi connectivity index (χ1) is 6.75. The van der Waals surface area contributed by atoms with E-state index in [0.29, 0.717) is 17.4 Å². The maximum absolute atomic E-state index is 11.1. The number of Topliss-reactive ketones (excluding diaryl/α,β-unsaturated/α-hetero) is 1. The van der Waals surface area contributed by atoms with Gasteiger partial charge in [0, 0.05) is 17.8 Å². The molecular formula is C11H13NO2. The highest BCUT2D eigenvalue weighted by atomic mass is 16.5. The molecule has 0 saturated heterocycles. The number of ketones is 1. The van der Waals surface area contributed by atoms with Crippen molar-refractivity contribution in [3.63, 3.8) is 0 Å². The van der Waals surface area contributed by atoms with Gasteiger partial charge < -0.3 is 4.74 Å². The summed E-state index contributed by atoms with van der Waals surface area (Å²) in [6, 6.07) is 3.40. The van der Waals surface area contributed by atoms with Crippen molar-refractivity contribution < 1.29 is 9.53 Å². The first-order valence-electron chi connectivity index (χ1n) is 4.85. The fourth-order valence-electron chi connectivity index (χ4n) is 1.20. The molecule has 1 heterocycles. The summed E-state index contributed by atoms with van der Waals surface area (Å²) in [7, 11) is 0. The van der Waals surface area contributed by atoms with Crippen molar-refractivity contribution in [1.82, 2.24) is 4.98 Å². The summed E-state index contributed by atoms with van der Waals surface area (Å²) in [6.07, 6.45) is 4.12. The average Bonchev–Trinajstić information content (AvgIpc) is 2.99. The van der Waals surface area contributed by atoms with Gasteiger partial charge in [0.15, 0.2) is 5.78 Å². The van der Waals surface area contributed by atoms with Crippen LogP contribution in [0.5, 0.6) is 5.88 Å². The van der Waals surface area contributed by atoms with Crippen LogP contribution in [0.1, 0.15) is 30.1 Å². The predicted molar refractivity (Wildman–Crippen MR) is 52.5 cm³/mol. The smallest absolute Gasteiger partial charge is 0.213 e. The molecule has 74 valence electrons. The van der Waals surface area contributed by atoms with Gasteiger partial charge in [0.05, 0.1) is 6.61 Å². The number of pyridine rings is 1. The fraction of sp³-hybridized carbons (Fsp3) is 0.455. The van der Waals surface area contributed by atoms with Crippen LogP contribution in [0.3, 0.4) is 0 Å². The lowest BCUT2D eigenvalue weighted by Crippen LogP contribution is -2.02. The molecule has 0 radical (unpaired) electrons. The number of hydrogen-bond acceptors (Lipinski definition) is 3. The zero-order valence-corrected chi connectivity index (χ0v) is 8.19. The monoisotopic (exact) mass is 191 g/mol. The Kier molecular flexibility index (Phi) is 2.48. The standard InChI is InChI=1S/C11H13NO2/c1-8(13)10-4-5-12-11(6-10)14-7-9-2-3-9/h4-6,9H,2-3,7H2,1H3. The third kappa shape index (κ3) is 2.31. The zero-order valence-electron chi connectivity index (χ0n) is 8.19. The molecule has 0 spiro atoms. The Hall–Kier alpha value is -1.38. The van der Waals surface area contributed by atoms with E-state index < -0.39 is 0 Å². The number of rotatable bonds is 4. The summed E-state index contributed by atoms with van der Waals surface area (Å²) < 4.78 is 5.46. The van der Waals surface area contributed by atoms with Gasteiger partial charge >= 0.3 is 0 Å². The molecule has 1 aromatic rings. The van der Waals surface area contributed by atoms with Crippen molar-refractivity contribution >= 4 is 5.78 Å². The molecule has 3 nitrogen and oxygen atoms in total. The number of carbonyl (C=O) groups is 1. The van der Waals surface area contributed by atoms with Gasteiger partial charge in [-0.15, -0.1) is 0 Å². The molecule has 0 aromatic carbocycles. The van der Waals surface area contributed by atoms with Crippen LogP contribution in [0.2, 0.25) is 0 Å². The second kappa shape index (κ2) is 3.78. The predicted octanol–water partition coefficient (Wildman–Crippen LogP) is 2.07. The Bertz CT molecular complexity index is 345. The number of hydrogen-bond donors (Lipinski definition) is 0. The van der Waals surface area contributed by atoms with Gasteiger partial charge in [0.1, 0.15) is 0 Å². The van der Waals surface area contributed by atoms with Crippen LogP contribution in [0.25, 0.3) is 0 Å². The SMILES string of the molecule is CC(=O)c1ccnc(OCC2CC2)c1. The third-order valence-electron chi connectivity index (χ3n) is 2.31. The summed E-state index contributed by atoms with van der Waals surface area (Å²) >= 11 is 0. The minimum absolute atomic E-state index is 0.0451. The van der Waals surface area contributed by atoms with Gasteiger partial charge in [-0.3, -0.25) is 4.79 Å². The molecule has 0 unspecified atom stereocenters. The van der Waals surface area contributed by atoms with E-state index >= 15 is 0 Å². The first kappa shape index (κ1) is 9.19. The highest BCUT2D eigenvalue weighted by Gasteiger charge is 2.22. The number of ether oxygens (including phenoxy) is 1. The Morgan fingerprint density at radius 2 is 2.43 bits per heavy atom. The van der Waals surface area contributed by atoms with Crippen molar-refractivity contribution in [2.45, 2.75) is 19.8 Å². The molecule has 1 fully saturated rings. The molecule has 14 heavy (non-hydrogen) atoms. The topological polar surface area (TPSA) is 39.2 Å². The van der Waals surface area contributed by atoms with Gasteiger partial charge in [-0.25, -0.2) is 4.98 Å². The summed E-state index contributed by atoms with van der Waals surface area (Å²) in [6.45, 7) is 2.27. The molecule has 1 aromatic heterocycles. The van der Waals surface area contributed by atoms with E-state index in [1.807, 2.05) is 0 Å². The molecule has 0 aliphatic heterocycles. The van der Waals surface area contributed by atoms with Crippen molar-refractivity contribution in [3.8, 4) is 5.88 Å². The van der Waals surface area contributed by atoms with Gasteiger partial charge in [-0.1, -0.05) is 0 Å². The molecule has 0 atom stereocenters. The Morgan fingerprint density at radius 3 is 3.07 bits per heavy atom. The van der Waals surface area contributed by atoms with Crippen molar-refractivity contribution in [3.05, 3.63) is 23.9 Å². The summed E-state index contributed by atoms with van der Waals surface area (Å²) in [5.41, 5.74) is 0.658. The maximum atomic E-state index is 11.1. The molecule has 1 aliphatic carbocycles. The Morgan fingerprint density at radius 1 is 1.64 bits per heavy atom. The Balaban J connectivity index is 2.01. The molecule has 1 aliphatic rings. The van der Waals surface area contributed by atoms with E-state index in [1.165, 1.54) is 12.8 Å². The lowest BCUT2D eigenvalue weighted by molar-refractivity contribution is 0.101. The van der Waals surface area contributed by atoms with Gasteiger partial charge in [-0.2, -0.15) is 0 Å². The molecule has 0 amide bonds. The average molecular weight is 191 g/mol. The van der Waals surface area contributed by atoms with Crippen LogP contribution in [0, 0.1) is 5.92 Å². The lowest BCUT2D eigenvalue weighted by Gasteiger charge is -2.04. The van der Waals surface area contributed by atoms with Gasteiger partial charge in [-0.05, 0) is 31.7 Å². The third-order valence-corrected chi connectivity index (χ3v) is 2.31. The van der Waals surface area contributed by atoms with Crippen molar-refractivity contribution in [2.75, 3.05) is 6.61 Å².